The summed E-state index contributed by atoms with van der Waals surface area (Å²) in [5.74, 6) is 0.857. The third-order valence-electron chi connectivity index (χ3n) is 2.39. The minimum absolute atomic E-state index is 0.707. The molecule has 2 rings (SSSR count). The first-order chi connectivity index (χ1) is 7.61. The molecule has 0 aliphatic carbocycles. The molecule has 2 heterocycles. The van der Waals surface area contributed by atoms with Gasteiger partial charge in [-0.15, -0.1) is 11.3 Å². The van der Waals surface area contributed by atoms with Crippen molar-refractivity contribution >= 4 is 39.5 Å². The highest BCUT2D eigenvalue weighted by molar-refractivity contribution is 9.11. The summed E-state index contributed by atoms with van der Waals surface area (Å²) in [6, 6.07) is 4.05. The lowest BCUT2D eigenvalue weighted by atomic mass is 10.2. The summed E-state index contributed by atoms with van der Waals surface area (Å²) in [4.78, 5) is 8.85. The zero-order valence-corrected chi connectivity index (χ0v) is 12.2. The van der Waals surface area contributed by atoms with E-state index in [0.717, 1.165) is 32.2 Å². The zero-order valence-electron chi connectivity index (χ0n) is 9.00. The molecule has 0 aliphatic rings. The quantitative estimate of drug-likeness (QED) is 0.827. The first-order valence-electron chi connectivity index (χ1n) is 4.97. The number of nitrogens with zero attached hydrogens (tertiary/aromatic N) is 1. The van der Waals surface area contributed by atoms with Crippen LogP contribution in [0.4, 0.5) is 0 Å². The van der Waals surface area contributed by atoms with Crippen molar-refractivity contribution in [1.82, 2.24) is 9.97 Å². The summed E-state index contributed by atoms with van der Waals surface area (Å²) in [5, 5.41) is 0. The van der Waals surface area contributed by atoms with E-state index >= 15 is 0 Å². The number of aryl methyl sites for hydroxylation is 1. The van der Waals surface area contributed by atoms with E-state index in [1.165, 1.54) is 0 Å². The van der Waals surface area contributed by atoms with Crippen LogP contribution >= 0.6 is 39.5 Å². The molecule has 16 heavy (non-hydrogen) atoms. The minimum atomic E-state index is 0.707. The van der Waals surface area contributed by atoms with Crippen LogP contribution in [0.5, 0.6) is 0 Å². The van der Waals surface area contributed by atoms with E-state index in [2.05, 4.69) is 32.8 Å². The number of aromatic amines is 1. The number of nitrogens with one attached hydrogen (secondary N) is 1. The van der Waals surface area contributed by atoms with E-state index in [-0.39, 0.29) is 0 Å². The maximum absolute atomic E-state index is 5.29. The topological polar surface area (TPSA) is 28.7 Å². The average molecular weight is 315 g/mol. The predicted octanol–water partition coefficient (Wildman–Crippen LogP) is 4.50. The summed E-state index contributed by atoms with van der Waals surface area (Å²) in [5.41, 5.74) is 2.25. The Hall–Kier alpha value is -0.520. The molecule has 0 saturated heterocycles. The van der Waals surface area contributed by atoms with E-state index in [9.17, 15) is 0 Å². The van der Waals surface area contributed by atoms with Crippen LogP contribution in [0, 0.1) is 11.6 Å². The molecular formula is C11H11BrN2S2. The van der Waals surface area contributed by atoms with Gasteiger partial charge < -0.3 is 4.98 Å². The molecule has 0 amide bonds. The van der Waals surface area contributed by atoms with Crippen LogP contribution in [0.25, 0.3) is 10.7 Å². The number of thiophene rings is 1. The number of H-pyrrole nitrogens is 1. The minimum Gasteiger partial charge on any atom is -0.342 e. The fraction of sp³-hybridized carbons (Fsp3) is 0.273. The zero-order chi connectivity index (χ0) is 11.7. The number of rotatable bonds is 2. The highest BCUT2D eigenvalue weighted by atomic mass is 79.9. The maximum atomic E-state index is 5.29. The van der Waals surface area contributed by atoms with Crippen LogP contribution in [0.2, 0.25) is 0 Å². The molecule has 0 radical (unpaired) electrons. The molecule has 2 aromatic rings. The summed E-state index contributed by atoms with van der Waals surface area (Å²) in [6.07, 6.45) is 0.919. The normalized spacial score (nSPS) is 10.7. The Labute approximate surface area is 112 Å². The fourth-order valence-electron chi connectivity index (χ4n) is 1.59. The fourth-order valence-corrected chi connectivity index (χ4v) is 3.30. The van der Waals surface area contributed by atoms with Crippen molar-refractivity contribution < 1.29 is 0 Å². The van der Waals surface area contributed by atoms with Crippen LogP contribution < -0.4 is 0 Å². The largest absolute Gasteiger partial charge is 0.342 e. The van der Waals surface area contributed by atoms with Gasteiger partial charge in [0, 0.05) is 11.3 Å². The Bertz CT molecular complexity index is 572. The van der Waals surface area contributed by atoms with Gasteiger partial charge in [-0.05, 0) is 41.4 Å². The Morgan fingerprint density at radius 1 is 1.50 bits per heavy atom. The molecule has 0 unspecified atom stereocenters. The van der Waals surface area contributed by atoms with E-state index in [4.69, 9.17) is 12.2 Å². The maximum Gasteiger partial charge on any atom is 0.149 e. The molecule has 0 atom stereocenters. The third-order valence-corrected chi connectivity index (χ3v) is 4.36. The Morgan fingerprint density at radius 2 is 2.25 bits per heavy atom. The van der Waals surface area contributed by atoms with Crippen LogP contribution in [0.3, 0.4) is 0 Å². The molecule has 0 aliphatic heterocycles. The van der Waals surface area contributed by atoms with Crippen molar-refractivity contribution in [3.8, 4) is 10.7 Å². The standard InChI is InChI=1S/C11H11BrN2S2/c1-3-7-6(2)13-10(14-11(7)15)8-4-5-9(12)16-8/h4-5H,3H2,1-2H3,(H,13,14,15). The Kier molecular flexibility index (Phi) is 3.56. The summed E-state index contributed by atoms with van der Waals surface area (Å²) in [7, 11) is 0. The molecule has 1 N–H and O–H groups in total. The summed E-state index contributed by atoms with van der Waals surface area (Å²) >= 11 is 10.4. The molecule has 84 valence electrons. The first-order valence-corrected chi connectivity index (χ1v) is 6.99. The lowest BCUT2D eigenvalue weighted by molar-refractivity contribution is 0.992. The van der Waals surface area contributed by atoms with E-state index in [1.807, 2.05) is 19.1 Å². The molecule has 0 fully saturated rings. The number of halogens is 1. The smallest absolute Gasteiger partial charge is 0.149 e. The first kappa shape index (κ1) is 12.0. The molecule has 2 nitrogen and oxygen atoms in total. The van der Waals surface area contributed by atoms with Crippen LogP contribution in [0.1, 0.15) is 18.2 Å². The van der Waals surface area contributed by atoms with Crippen molar-refractivity contribution in [2.24, 2.45) is 0 Å². The number of aromatic nitrogens is 2. The number of hydrogen-bond donors (Lipinski definition) is 1. The van der Waals surface area contributed by atoms with E-state index in [1.54, 1.807) is 11.3 Å². The second kappa shape index (κ2) is 4.77. The van der Waals surface area contributed by atoms with Crippen LogP contribution in [-0.2, 0) is 6.42 Å². The molecule has 0 aromatic carbocycles. The second-order valence-corrected chi connectivity index (χ2v) is 6.30. The van der Waals surface area contributed by atoms with E-state index < -0.39 is 0 Å². The van der Waals surface area contributed by atoms with Crippen molar-refractivity contribution in [3.05, 3.63) is 31.8 Å². The molecule has 2 aromatic heterocycles. The molecule has 0 spiro atoms. The summed E-state index contributed by atoms with van der Waals surface area (Å²) in [6.45, 7) is 4.14. The van der Waals surface area contributed by atoms with Crippen molar-refractivity contribution in [2.75, 3.05) is 0 Å². The van der Waals surface area contributed by atoms with Gasteiger partial charge in [-0.2, -0.15) is 0 Å². The highest BCUT2D eigenvalue weighted by Gasteiger charge is 2.07. The van der Waals surface area contributed by atoms with Gasteiger partial charge in [0.1, 0.15) is 10.5 Å². The van der Waals surface area contributed by atoms with Crippen LogP contribution in [0.15, 0.2) is 15.9 Å². The monoisotopic (exact) mass is 314 g/mol. The molecular weight excluding hydrogens is 304 g/mol. The van der Waals surface area contributed by atoms with E-state index in [0.29, 0.717) is 4.64 Å². The predicted molar refractivity (Wildman–Crippen MR) is 74.5 cm³/mol. The Balaban J connectivity index is 2.56. The lowest BCUT2D eigenvalue weighted by Crippen LogP contribution is -1.97. The molecule has 5 heteroatoms. The van der Waals surface area contributed by atoms with Gasteiger partial charge in [-0.1, -0.05) is 19.1 Å². The van der Waals surface area contributed by atoms with Gasteiger partial charge in [0.05, 0.1) is 8.66 Å². The average Bonchev–Trinajstić information content (AvgIpc) is 2.64. The van der Waals surface area contributed by atoms with Gasteiger partial charge in [0.25, 0.3) is 0 Å². The van der Waals surface area contributed by atoms with Gasteiger partial charge in [0.15, 0.2) is 0 Å². The SMILES string of the molecule is CCc1c(C)[nH]c(-c2ccc(Br)s2)nc1=S. The van der Waals surface area contributed by atoms with Crippen molar-refractivity contribution in [3.63, 3.8) is 0 Å². The van der Waals surface area contributed by atoms with Gasteiger partial charge in [-0.3, -0.25) is 0 Å². The van der Waals surface area contributed by atoms with Gasteiger partial charge >= 0.3 is 0 Å². The molecule has 0 saturated carbocycles. The van der Waals surface area contributed by atoms with Crippen LogP contribution in [-0.4, -0.2) is 9.97 Å². The second-order valence-electron chi connectivity index (χ2n) is 3.45. The Morgan fingerprint density at radius 3 is 2.75 bits per heavy atom. The van der Waals surface area contributed by atoms with Crippen molar-refractivity contribution in [1.29, 1.82) is 0 Å². The lowest BCUT2D eigenvalue weighted by Gasteiger charge is -2.05. The van der Waals surface area contributed by atoms with Crippen molar-refractivity contribution in [2.45, 2.75) is 20.3 Å². The van der Waals surface area contributed by atoms with Gasteiger partial charge in [0.2, 0.25) is 0 Å². The van der Waals surface area contributed by atoms with Gasteiger partial charge in [-0.25, -0.2) is 4.98 Å². The summed E-state index contributed by atoms with van der Waals surface area (Å²) < 4.78 is 1.80. The number of hydrogen-bond acceptors (Lipinski definition) is 3. The highest BCUT2D eigenvalue weighted by Crippen LogP contribution is 2.29. The third kappa shape index (κ3) is 2.26. The molecule has 0 bridgehead atoms.